The van der Waals surface area contributed by atoms with Gasteiger partial charge in [-0.2, -0.15) is 5.10 Å². The van der Waals surface area contributed by atoms with Crippen molar-refractivity contribution < 1.29 is 4.79 Å². The van der Waals surface area contributed by atoms with Crippen molar-refractivity contribution in [2.75, 3.05) is 11.4 Å². The maximum absolute atomic E-state index is 11.3. The van der Waals surface area contributed by atoms with Crippen molar-refractivity contribution in [1.29, 1.82) is 0 Å². The largest absolute Gasteiger partial charge is 0.350 e. The first kappa shape index (κ1) is 15.3. The summed E-state index contributed by atoms with van der Waals surface area (Å²) in [5, 5.41) is 7.42. The summed E-state index contributed by atoms with van der Waals surface area (Å²) in [6, 6.07) is 6.10. The predicted octanol–water partition coefficient (Wildman–Crippen LogP) is 1.97. The molecule has 2 aromatic rings. The van der Waals surface area contributed by atoms with Gasteiger partial charge in [-0.1, -0.05) is 19.6 Å². The number of nitrogens with zero attached hydrogens (tertiary/aromatic N) is 4. The van der Waals surface area contributed by atoms with E-state index in [9.17, 15) is 4.79 Å². The van der Waals surface area contributed by atoms with Crippen LogP contribution in [-0.2, 0) is 24.4 Å². The highest BCUT2D eigenvalue weighted by Gasteiger charge is 2.19. The second-order valence-corrected chi connectivity index (χ2v) is 5.56. The molecule has 6 heteroatoms. The van der Waals surface area contributed by atoms with E-state index < -0.39 is 0 Å². The van der Waals surface area contributed by atoms with Crippen LogP contribution in [0.15, 0.2) is 31.0 Å². The fraction of sp³-hybridized carbons (Fsp3) is 0.353. The third kappa shape index (κ3) is 3.41. The van der Waals surface area contributed by atoms with E-state index in [1.165, 1.54) is 0 Å². The van der Waals surface area contributed by atoms with Gasteiger partial charge < -0.3 is 10.2 Å². The average Bonchev–Trinajstić information content (AvgIpc) is 3.01. The molecule has 0 spiro atoms. The summed E-state index contributed by atoms with van der Waals surface area (Å²) in [7, 11) is 0. The van der Waals surface area contributed by atoms with Gasteiger partial charge in [-0.3, -0.25) is 9.48 Å². The van der Waals surface area contributed by atoms with E-state index in [4.69, 9.17) is 0 Å². The highest BCUT2D eigenvalue weighted by atomic mass is 16.1. The topological polar surface area (TPSA) is 63.1 Å². The fourth-order valence-corrected chi connectivity index (χ4v) is 2.63. The minimum Gasteiger partial charge on any atom is -0.350 e. The zero-order valence-corrected chi connectivity index (χ0v) is 13.3. The molecule has 120 valence electrons. The summed E-state index contributed by atoms with van der Waals surface area (Å²) in [5.74, 6) is 1.01. The van der Waals surface area contributed by atoms with Crippen LogP contribution >= 0.6 is 0 Å². The second kappa shape index (κ2) is 6.64. The number of rotatable bonds is 5. The van der Waals surface area contributed by atoms with Crippen LogP contribution in [0, 0.1) is 0 Å². The molecule has 2 aromatic heterocycles. The van der Waals surface area contributed by atoms with E-state index >= 15 is 0 Å². The monoisotopic (exact) mass is 311 g/mol. The van der Waals surface area contributed by atoms with Gasteiger partial charge in [-0.05, 0) is 23.8 Å². The Labute approximate surface area is 135 Å². The standard InChI is InChI=1S/C17H21N5O/c1-3-13-5-6-16(18-10-13)21-7-8-22-15(12-21)9-14(20-22)11-19-17(23)4-2/h3,5-6,9-10H,1,4,7-8,11-12H2,2H3,(H,19,23). The maximum Gasteiger partial charge on any atom is 0.220 e. The van der Waals surface area contributed by atoms with E-state index in [2.05, 4.69) is 32.9 Å². The normalized spacial score (nSPS) is 13.5. The van der Waals surface area contributed by atoms with E-state index in [-0.39, 0.29) is 5.91 Å². The second-order valence-electron chi connectivity index (χ2n) is 5.56. The lowest BCUT2D eigenvalue weighted by atomic mass is 10.2. The van der Waals surface area contributed by atoms with Crippen molar-refractivity contribution >= 4 is 17.8 Å². The third-order valence-corrected chi connectivity index (χ3v) is 3.97. The predicted molar refractivity (Wildman–Crippen MR) is 89.7 cm³/mol. The molecule has 0 unspecified atom stereocenters. The number of anilines is 1. The van der Waals surface area contributed by atoms with Crippen molar-refractivity contribution in [3.63, 3.8) is 0 Å². The van der Waals surface area contributed by atoms with Crippen molar-refractivity contribution in [1.82, 2.24) is 20.1 Å². The Morgan fingerprint density at radius 3 is 3.00 bits per heavy atom. The summed E-state index contributed by atoms with van der Waals surface area (Å²) < 4.78 is 2.02. The smallest absolute Gasteiger partial charge is 0.220 e. The van der Waals surface area contributed by atoms with E-state index in [0.29, 0.717) is 13.0 Å². The minimum atomic E-state index is 0.0455. The lowest BCUT2D eigenvalue weighted by molar-refractivity contribution is -0.120. The molecule has 0 bridgehead atoms. The van der Waals surface area contributed by atoms with Gasteiger partial charge >= 0.3 is 0 Å². The van der Waals surface area contributed by atoms with Crippen LogP contribution in [0.4, 0.5) is 5.82 Å². The summed E-state index contributed by atoms with van der Waals surface area (Å²) in [5.41, 5.74) is 3.06. The van der Waals surface area contributed by atoms with Crippen molar-refractivity contribution in [3.8, 4) is 0 Å². The SMILES string of the molecule is C=Cc1ccc(N2CCn3nc(CNC(=O)CC)cc3C2)nc1. The zero-order chi connectivity index (χ0) is 16.2. The fourth-order valence-electron chi connectivity index (χ4n) is 2.63. The molecule has 1 amide bonds. The van der Waals surface area contributed by atoms with Gasteiger partial charge in [0, 0.05) is 19.2 Å². The van der Waals surface area contributed by atoms with Crippen LogP contribution in [-0.4, -0.2) is 27.2 Å². The van der Waals surface area contributed by atoms with Crippen LogP contribution in [0.3, 0.4) is 0 Å². The number of carbonyl (C=O) groups is 1. The van der Waals surface area contributed by atoms with Crippen LogP contribution < -0.4 is 10.2 Å². The summed E-state index contributed by atoms with van der Waals surface area (Å²) in [6.07, 6.45) is 4.12. The molecule has 6 nitrogen and oxygen atoms in total. The number of fused-ring (bicyclic) bond motifs is 1. The quantitative estimate of drug-likeness (QED) is 0.917. The molecule has 1 N–H and O–H groups in total. The lowest BCUT2D eigenvalue weighted by Crippen LogP contribution is -2.34. The van der Waals surface area contributed by atoms with Gasteiger partial charge in [0.15, 0.2) is 0 Å². The van der Waals surface area contributed by atoms with Gasteiger partial charge in [0.05, 0.1) is 31.0 Å². The number of aromatic nitrogens is 3. The van der Waals surface area contributed by atoms with Gasteiger partial charge in [0.2, 0.25) is 5.91 Å². The summed E-state index contributed by atoms with van der Waals surface area (Å²) in [4.78, 5) is 18.1. The molecule has 1 aliphatic heterocycles. The summed E-state index contributed by atoms with van der Waals surface area (Å²) in [6.45, 7) is 8.54. The Balaban J connectivity index is 1.68. The van der Waals surface area contributed by atoms with E-state index in [0.717, 1.165) is 42.4 Å². The summed E-state index contributed by atoms with van der Waals surface area (Å²) >= 11 is 0. The Morgan fingerprint density at radius 1 is 1.43 bits per heavy atom. The lowest BCUT2D eigenvalue weighted by Gasteiger charge is -2.28. The number of pyridine rings is 1. The molecule has 3 heterocycles. The number of hydrogen-bond donors (Lipinski definition) is 1. The molecule has 1 aliphatic rings. The first-order valence-corrected chi connectivity index (χ1v) is 7.85. The molecular formula is C17H21N5O. The Morgan fingerprint density at radius 2 is 2.30 bits per heavy atom. The molecule has 23 heavy (non-hydrogen) atoms. The van der Waals surface area contributed by atoms with Crippen molar-refractivity contribution in [2.24, 2.45) is 0 Å². The number of hydrogen-bond acceptors (Lipinski definition) is 4. The van der Waals surface area contributed by atoms with Crippen LogP contribution in [0.5, 0.6) is 0 Å². The maximum atomic E-state index is 11.3. The number of amides is 1. The Kier molecular flexibility index (Phi) is 4.41. The number of nitrogens with one attached hydrogen (secondary N) is 1. The molecule has 0 saturated carbocycles. The molecule has 0 atom stereocenters. The highest BCUT2D eigenvalue weighted by molar-refractivity contribution is 5.75. The molecule has 0 fully saturated rings. The van der Waals surface area contributed by atoms with E-state index in [1.54, 1.807) is 6.08 Å². The first-order chi connectivity index (χ1) is 11.2. The molecule has 0 saturated heterocycles. The van der Waals surface area contributed by atoms with E-state index in [1.807, 2.05) is 29.9 Å². The van der Waals surface area contributed by atoms with Crippen LogP contribution in [0.1, 0.15) is 30.3 Å². The molecule has 0 aromatic carbocycles. The van der Waals surface area contributed by atoms with Crippen LogP contribution in [0.2, 0.25) is 0 Å². The van der Waals surface area contributed by atoms with Gasteiger partial charge in [-0.25, -0.2) is 4.98 Å². The molecule has 0 aliphatic carbocycles. The number of carbonyl (C=O) groups excluding carboxylic acids is 1. The van der Waals surface area contributed by atoms with Crippen LogP contribution in [0.25, 0.3) is 6.08 Å². The van der Waals surface area contributed by atoms with Gasteiger partial charge in [0.25, 0.3) is 0 Å². The third-order valence-electron chi connectivity index (χ3n) is 3.97. The highest BCUT2D eigenvalue weighted by Crippen LogP contribution is 2.20. The average molecular weight is 311 g/mol. The Bertz CT molecular complexity index is 704. The Hall–Kier alpha value is -2.63. The van der Waals surface area contributed by atoms with Gasteiger partial charge in [-0.15, -0.1) is 0 Å². The van der Waals surface area contributed by atoms with Gasteiger partial charge in [0.1, 0.15) is 5.82 Å². The zero-order valence-electron chi connectivity index (χ0n) is 13.3. The molecular weight excluding hydrogens is 290 g/mol. The first-order valence-electron chi connectivity index (χ1n) is 7.85. The van der Waals surface area contributed by atoms with Crippen molar-refractivity contribution in [2.45, 2.75) is 33.0 Å². The molecule has 3 rings (SSSR count). The minimum absolute atomic E-state index is 0.0455. The van der Waals surface area contributed by atoms with Crippen molar-refractivity contribution in [3.05, 3.63) is 47.9 Å². The molecule has 0 radical (unpaired) electrons.